The van der Waals surface area contributed by atoms with Gasteiger partial charge in [0.2, 0.25) is 0 Å². The van der Waals surface area contributed by atoms with Gasteiger partial charge in [-0.05, 0) is 47.4 Å². The monoisotopic (exact) mass is 574 g/mol. The molecule has 0 bridgehead atoms. The van der Waals surface area contributed by atoms with Crippen molar-refractivity contribution in [1.82, 2.24) is 19.7 Å². The average Bonchev–Trinajstić information content (AvgIpc) is 3.74. The van der Waals surface area contributed by atoms with Crippen molar-refractivity contribution in [3.8, 4) is 22.3 Å². The zero-order valence-electron chi connectivity index (χ0n) is 24.2. The Morgan fingerprint density at radius 2 is 1.34 bits per heavy atom. The number of carbonyl (C=O) groups excluding carboxylic acids is 1. The molecule has 1 N–H and O–H groups in total. The van der Waals surface area contributed by atoms with Crippen LogP contribution in [-0.2, 0) is 10.3 Å². The van der Waals surface area contributed by atoms with E-state index in [4.69, 9.17) is 14.8 Å². The maximum Gasteiger partial charge on any atom is 0.338 e. The minimum atomic E-state index is -0.696. The van der Waals surface area contributed by atoms with Gasteiger partial charge < -0.3 is 9.72 Å². The van der Waals surface area contributed by atoms with Crippen LogP contribution in [0, 0.1) is 0 Å². The molecule has 6 heteroatoms. The average molecular weight is 575 g/mol. The predicted octanol–water partition coefficient (Wildman–Crippen LogP) is 8.11. The summed E-state index contributed by atoms with van der Waals surface area (Å²) in [5.74, 6) is -0.324. The second-order valence-electron chi connectivity index (χ2n) is 10.6. The summed E-state index contributed by atoms with van der Waals surface area (Å²) in [6, 6.07) is 41.1. The van der Waals surface area contributed by atoms with Gasteiger partial charge >= 0.3 is 5.97 Å². The van der Waals surface area contributed by atoms with E-state index in [1.807, 2.05) is 48.9 Å². The molecule has 0 spiro atoms. The van der Waals surface area contributed by atoms with E-state index in [9.17, 15) is 4.79 Å². The number of carbonyl (C=O) groups is 1. The van der Waals surface area contributed by atoms with E-state index >= 15 is 0 Å². The summed E-state index contributed by atoms with van der Waals surface area (Å²) in [4.78, 5) is 20.2. The van der Waals surface area contributed by atoms with Crippen LogP contribution in [-0.4, -0.2) is 32.3 Å². The summed E-state index contributed by atoms with van der Waals surface area (Å²) in [5, 5.41) is 6.03. The molecule has 0 radical (unpaired) electrons. The Morgan fingerprint density at radius 3 is 1.91 bits per heavy atom. The lowest BCUT2D eigenvalue weighted by Gasteiger charge is -2.36. The number of H-pyrrole nitrogens is 1. The van der Waals surface area contributed by atoms with Crippen LogP contribution in [0.25, 0.3) is 33.3 Å². The van der Waals surface area contributed by atoms with E-state index in [0.29, 0.717) is 12.2 Å². The number of aromatic amines is 1. The van der Waals surface area contributed by atoms with Gasteiger partial charge in [0, 0.05) is 40.7 Å². The van der Waals surface area contributed by atoms with Crippen LogP contribution in [0.15, 0.2) is 146 Å². The molecule has 3 heterocycles. The number of fused-ring (bicyclic) bond motifs is 1. The molecule has 0 aliphatic carbocycles. The number of hydrogen-bond acceptors (Lipinski definition) is 4. The summed E-state index contributed by atoms with van der Waals surface area (Å²) in [7, 11) is 0. The summed E-state index contributed by atoms with van der Waals surface area (Å²) in [5.41, 5.74) is 7.85. The number of aromatic nitrogens is 4. The van der Waals surface area contributed by atoms with Crippen LogP contribution < -0.4 is 0 Å². The molecule has 44 heavy (non-hydrogen) atoms. The Hall–Kier alpha value is -5.75. The number of hydrogen-bond donors (Lipinski definition) is 1. The van der Waals surface area contributed by atoms with Crippen molar-refractivity contribution in [1.29, 1.82) is 0 Å². The van der Waals surface area contributed by atoms with Crippen molar-refractivity contribution in [2.45, 2.75) is 12.5 Å². The fourth-order valence-corrected chi connectivity index (χ4v) is 5.99. The van der Waals surface area contributed by atoms with Gasteiger partial charge in [-0.1, -0.05) is 103 Å². The molecular weight excluding hydrogens is 544 g/mol. The molecule has 0 aliphatic heterocycles. The van der Waals surface area contributed by atoms with Crippen LogP contribution in [0.4, 0.5) is 0 Å². The van der Waals surface area contributed by atoms with E-state index in [-0.39, 0.29) is 5.97 Å². The lowest BCUT2D eigenvalue weighted by Crippen LogP contribution is -2.38. The Bertz CT molecular complexity index is 1930. The number of nitrogens with zero attached hydrogens (tertiary/aromatic N) is 3. The van der Waals surface area contributed by atoms with Crippen molar-refractivity contribution >= 4 is 17.0 Å². The second kappa shape index (κ2) is 11.5. The molecule has 0 atom stereocenters. The normalized spacial score (nSPS) is 11.5. The van der Waals surface area contributed by atoms with Crippen molar-refractivity contribution in [2.75, 3.05) is 6.61 Å². The van der Waals surface area contributed by atoms with Crippen molar-refractivity contribution in [2.24, 2.45) is 0 Å². The number of benzene rings is 4. The SMILES string of the molecule is CCOC(=O)c1ccc(-c2cnc3[nH]cc(-c4cnn(C(c5ccccc5)(c5ccccc5)c5ccccc5)c4)c3c2)cc1. The van der Waals surface area contributed by atoms with Gasteiger partial charge in [-0.15, -0.1) is 0 Å². The number of esters is 1. The van der Waals surface area contributed by atoms with Gasteiger partial charge in [0.25, 0.3) is 0 Å². The third-order valence-corrected chi connectivity index (χ3v) is 8.07. The maximum atomic E-state index is 12.1. The summed E-state index contributed by atoms with van der Waals surface area (Å²) >= 11 is 0. The Balaban J connectivity index is 1.35. The molecule has 7 rings (SSSR count). The van der Waals surface area contributed by atoms with Crippen LogP contribution in [0.1, 0.15) is 34.0 Å². The van der Waals surface area contributed by atoms with E-state index < -0.39 is 5.54 Å². The first-order chi connectivity index (χ1) is 21.7. The third kappa shape index (κ3) is 4.67. The zero-order valence-corrected chi connectivity index (χ0v) is 24.2. The van der Waals surface area contributed by atoms with Crippen LogP contribution >= 0.6 is 0 Å². The van der Waals surface area contributed by atoms with Crippen LogP contribution in [0.2, 0.25) is 0 Å². The van der Waals surface area contributed by atoms with Gasteiger partial charge in [0.15, 0.2) is 0 Å². The summed E-state index contributed by atoms with van der Waals surface area (Å²) in [6.07, 6.45) is 7.88. The predicted molar refractivity (Wildman–Crippen MR) is 173 cm³/mol. The van der Waals surface area contributed by atoms with E-state index in [2.05, 4.69) is 94.7 Å². The first-order valence-corrected chi connectivity index (χ1v) is 14.6. The van der Waals surface area contributed by atoms with E-state index in [1.54, 1.807) is 19.1 Å². The molecule has 0 aliphatic rings. The lowest BCUT2D eigenvalue weighted by molar-refractivity contribution is 0.0526. The molecule has 0 saturated heterocycles. The molecule has 0 amide bonds. The maximum absolute atomic E-state index is 12.1. The minimum absolute atomic E-state index is 0.324. The number of rotatable bonds is 8. The molecule has 4 aromatic carbocycles. The largest absolute Gasteiger partial charge is 0.462 e. The highest BCUT2D eigenvalue weighted by atomic mass is 16.5. The van der Waals surface area contributed by atoms with Crippen LogP contribution in [0.3, 0.4) is 0 Å². The highest BCUT2D eigenvalue weighted by molar-refractivity contribution is 5.96. The Kier molecular flexibility index (Phi) is 7.08. The van der Waals surface area contributed by atoms with Crippen molar-refractivity contribution in [3.63, 3.8) is 0 Å². The lowest BCUT2D eigenvalue weighted by atomic mass is 9.77. The molecule has 0 saturated carbocycles. The fourth-order valence-electron chi connectivity index (χ4n) is 5.99. The van der Waals surface area contributed by atoms with Gasteiger partial charge in [-0.2, -0.15) is 5.10 Å². The second-order valence-corrected chi connectivity index (χ2v) is 10.6. The minimum Gasteiger partial charge on any atom is -0.462 e. The fraction of sp³-hybridized carbons (Fsp3) is 0.0789. The Labute approximate surface area is 255 Å². The first-order valence-electron chi connectivity index (χ1n) is 14.6. The number of nitrogens with one attached hydrogen (secondary N) is 1. The van der Waals surface area contributed by atoms with Crippen molar-refractivity contribution < 1.29 is 9.53 Å². The quantitative estimate of drug-likeness (QED) is 0.147. The van der Waals surface area contributed by atoms with Gasteiger partial charge in [0.1, 0.15) is 11.2 Å². The van der Waals surface area contributed by atoms with Gasteiger partial charge in [-0.25, -0.2) is 9.78 Å². The van der Waals surface area contributed by atoms with Gasteiger partial charge in [-0.3, -0.25) is 4.68 Å². The number of ether oxygens (including phenoxy) is 1. The summed E-state index contributed by atoms with van der Waals surface area (Å²) < 4.78 is 7.21. The van der Waals surface area contributed by atoms with E-state index in [1.165, 1.54) is 0 Å². The molecule has 7 aromatic rings. The number of pyridine rings is 1. The topological polar surface area (TPSA) is 72.8 Å². The first kappa shape index (κ1) is 27.1. The van der Waals surface area contributed by atoms with Crippen molar-refractivity contribution in [3.05, 3.63) is 168 Å². The van der Waals surface area contributed by atoms with E-state index in [0.717, 1.165) is 50.0 Å². The molecular formula is C38H30N4O2. The molecule has 3 aromatic heterocycles. The zero-order chi connectivity index (χ0) is 29.9. The highest BCUT2D eigenvalue weighted by Crippen LogP contribution is 2.41. The molecule has 6 nitrogen and oxygen atoms in total. The standard InChI is InChI=1S/C38H30N4O2/c1-2-44-37(43)28-20-18-27(19-21-28)29-22-34-35(25-40-36(34)39-23-29)30-24-41-42(26-30)38(31-12-6-3-7-13-31,32-14-8-4-9-15-32)33-16-10-5-11-17-33/h3-26H,2H2,1H3,(H,39,40). The molecule has 214 valence electrons. The summed E-state index contributed by atoms with van der Waals surface area (Å²) in [6.45, 7) is 2.15. The third-order valence-electron chi connectivity index (χ3n) is 8.07. The smallest absolute Gasteiger partial charge is 0.338 e. The van der Waals surface area contributed by atoms with Crippen LogP contribution in [0.5, 0.6) is 0 Å². The van der Waals surface area contributed by atoms with Gasteiger partial charge in [0.05, 0.1) is 18.4 Å². The Morgan fingerprint density at radius 1 is 0.750 bits per heavy atom. The highest BCUT2D eigenvalue weighted by Gasteiger charge is 2.39. The molecule has 0 fully saturated rings. The molecule has 0 unspecified atom stereocenters.